The fraction of sp³-hybridized carbons (Fsp3) is 0.182. The number of hydrogen-bond donors (Lipinski definition) is 0. The number of fused-ring (bicyclic) bond motifs is 1. The number of esters is 1. The highest BCUT2D eigenvalue weighted by atomic mass is 16.5. The molecule has 0 N–H and O–H groups in total. The second-order valence-electron chi connectivity index (χ2n) is 9.34. The van der Waals surface area contributed by atoms with Gasteiger partial charge in [0.2, 0.25) is 5.88 Å². The molecule has 0 saturated carbocycles. The third-order valence-corrected chi connectivity index (χ3v) is 6.79. The number of benzene rings is 3. The molecule has 2 heterocycles. The molecular formula is C33H29N3O4. The largest absolute Gasteiger partial charge is 0.487 e. The van der Waals surface area contributed by atoms with E-state index < -0.39 is 5.97 Å². The van der Waals surface area contributed by atoms with Crippen LogP contribution in [0.15, 0.2) is 85.1 Å². The van der Waals surface area contributed by atoms with Gasteiger partial charge < -0.3 is 18.8 Å². The second kappa shape index (κ2) is 11.7. The Morgan fingerprint density at radius 1 is 0.950 bits per heavy atom. The first kappa shape index (κ1) is 26.5. The normalized spacial score (nSPS) is 10.8. The van der Waals surface area contributed by atoms with E-state index in [1.807, 2.05) is 104 Å². The monoisotopic (exact) mass is 531 g/mol. The Labute approximate surface area is 233 Å². The standard InChI is InChI=1S/C33H29N3O4/c1-4-26-30(24-15-16-28-27(17-24)25(18-34)19-36(28)2)35-32(40-21-23-13-9-6-10-14-23)29(33(37)38-3)31(26)39-20-22-11-7-5-8-12-22/h5-17,19H,4,20-21H2,1-3H3. The molecule has 0 atom stereocenters. The van der Waals surface area contributed by atoms with Crippen molar-refractivity contribution in [3.8, 4) is 29.0 Å². The molecule has 0 saturated heterocycles. The molecule has 3 aromatic carbocycles. The summed E-state index contributed by atoms with van der Waals surface area (Å²) >= 11 is 0. The lowest BCUT2D eigenvalue weighted by molar-refractivity contribution is 0.0588. The van der Waals surface area contributed by atoms with Crippen LogP contribution in [0.5, 0.6) is 11.6 Å². The molecule has 0 spiro atoms. The van der Waals surface area contributed by atoms with Crippen LogP contribution in [0.2, 0.25) is 0 Å². The van der Waals surface area contributed by atoms with Crippen LogP contribution in [0.25, 0.3) is 22.2 Å². The summed E-state index contributed by atoms with van der Waals surface area (Å²) in [7, 11) is 3.24. The van der Waals surface area contributed by atoms with Crippen molar-refractivity contribution in [3.05, 3.63) is 113 Å². The molecule has 5 rings (SSSR count). The zero-order chi connectivity index (χ0) is 28.1. The van der Waals surface area contributed by atoms with Gasteiger partial charge in [0.25, 0.3) is 0 Å². The molecule has 7 heteroatoms. The second-order valence-corrected chi connectivity index (χ2v) is 9.34. The van der Waals surface area contributed by atoms with Crippen molar-refractivity contribution in [2.75, 3.05) is 7.11 Å². The van der Waals surface area contributed by atoms with Gasteiger partial charge in [-0.25, -0.2) is 9.78 Å². The summed E-state index contributed by atoms with van der Waals surface area (Å²) in [5, 5.41) is 10.5. The Bertz CT molecular complexity index is 1700. The first-order valence-electron chi connectivity index (χ1n) is 13.0. The molecule has 0 bridgehead atoms. The van der Waals surface area contributed by atoms with E-state index in [4.69, 9.17) is 19.2 Å². The average molecular weight is 532 g/mol. The van der Waals surface area contributed by atoms with Crippen molar-refractivity contribution in [2.24, 2.45) is 7.05 Å². The predicted octanol–water partition coefficient (Wildman–Crippen LogP) is 6.62. The summed E-state index contributed by atoms with van der Waals surface area (Å²) in [4.78, 5) is 18.1. The molecule has 2 aromatic heterocycles. The Morgan fingerprint density at radius 3 is 2.20 bits per heavy atom. The molecule has 0 unspecified atom stereocenters. The average Bonchev–Trinajstić information content (AvgIpc) is 3.33. The van der Waals surface area contributed by atoms with Crippen LogP contribution in [0, 0.1) is 11.3 Å². The van der Waals surface area contributed by atoms with Crippen LogP contribution in [0.1, 0.15) is 39.5 Å². The van der Waals surface area contributed by atoms with E-state index in [9.17, 15) is 10.1 Å². The van der Waals surface area contributed by atoms with Crippen molar-refractivity contribution < 1.29 is 19.0 Å². The van der Waals surface area contributed by atoms with Gasteiger partial charge in [0, 0.05) is 35.3 Å². The number of ether oxygens (including phenoxy) is 3. The molecule has 0 aliphatic heterocycles. The quantitative estimate of drug-likeness (QED) is 0.199. The molecular weight excluding hydrogens is 502 g/mol. The number of nitriles is 1. The number of rotatable bonds is 9. The Hall–Kier alpha value is -5.09. The van der Waals surface area contributed by atoms with Crippen LogP contribution < -0.4 is 9.47 Å². The molecule has 0 amide bonds. The topological polar surface area (TPSA) is 86.4 Å². The van der Waals surface area contributed by atoms with E-state index in [-0.39, 0.29) is 24.7 Å². The number of aromatic nitrogens is 2. The third kappa shape index (κ3) is 5.25. The van der Waals surface area contributed by atoms with Gasteiger partial charge >= 0.3 is 5.97 Å². The highest BCUT2D eigenvalue weighted by Gasteiger charge is 2.28. The number of pyridine rings is 1. The van der Waals surface area contributed by atoms with E-state index in [2.05, 4.69) is 6.07 Å². The van der Waals surface area contributed by atoms with Gasteiger partial charge in [0.15, 0.2) is 5.56 Å². The number of carbonyl (C=O) groups is 1. The summed E-state index contributed by atoms with van der Waals surface area (Å²) in [6.07, 6.45) is 2.35. The van der Waals surface area contributed by atoms with Gasteiger partial charge in [-0.05, 0) is 29.7 Å². The lowest BCUT2D eigenvalue weighted by Crippen LogP contribution is -2.14. The zero-order valence-electron chi connectivity index (χ0n) is 22.7. The molecule has 5 aromatic rings. The van der Waals surface area contributed by atoms with Crippen molar-refractivity contribution in [1.29, 1.82) is 5.26 Å². The van der Waals surface area contributed by atoms with E-state index in [0.717, 1.165) is 33.2 Å². The summed E-state index contributed by atoms with van der Waals surface area (Å²) < 4.78 is 19.7. The third-order valence-electron chi connectivity index (χ3n) is 6.79. The molecule has 40 heavy (non-hydrogen) atoms. The highest BCUT2D eigenvalue weighted by Crippen LogP contribution is 2.40. The van der Waals surface area contributed by atoms with Crippen LogP contribution >= 0.6 is 0 Å². The highest BCUT2D eigenvalue weighted by molar-refractivity contribution is 5.97. The summed E-state index contributed by atoms with van der Waals surface area (Å²) in [5.74, 6) is -0.0929. The van der Waals surface area contributed by atoms with E-state index >= 15 is 0 Å². The Balaban J connectivity index is 1.70. The molecule has 0 aliphatic carbocycles. The maximum atomic E-state index is 13.2. The van der Waals surface area contributed by atoms with Crippen LogP contribution in [0.4, 0.5) is 0 Å². The fourth-order valence-electron chi connectivity index (χ4n) is 4.78. The first-order chi connectivity index (χ1) is 19.5. The smallest absolute Gasteiger partial charge is 0.347 e. The fourth-order valence-corrected chi connectivity index (χ4v) is 4.78. The number of aryl methyl sites for hydroxylation is 1. The lowest BCUT2D eigenvalue weighted by Gasteiger charge is -2.20. The lowest BCUT2D eigenvalue weighted by atomic mass is 9.98. The predicted molar refractivity (Wildman–Crippen MR) is 153 cm³/mol. The van der Waals surface area contributed by atoms with Crippen LogP contribution in [-0.2, 0) is 31.4 Å². The Kier molecular flexibility index (Phi) is 7.79. The molecule has 0 radical (unpaired) electrons. The minimum absolute atomic E-state index is 0.125. The summed E-state index contributed by atoms with van der Waals surface area (Å²) in [5.41, 5.74) is 5.70. The number of methoxy groups -OCH3 is 1. The van der Waals surface area contributed by atoms with Crippen molar-refractivity contribution in [3.63, 3.8) is 0 Å². The van der Waals surface area contributed by atoms with Gasteiger partial charge in [0.05, 0.1) is 18.4 Å². The minimum atomic E-state index is -0.592. The molecule has 0 fully saturated rings. The van der Waals surface area contributed by atoms with Crippen molar-refractivity contribution >= 4 is 16.9 Å². The number of carbonyl (C=O) groups excluding carboxylic acids is 1. The summed E-state index contributed by atoms with van der Waals surface area (Å²) in [6, 6.07) is 27.6. The number of hydrogen-bond acceptors (Lipinski definition) is 6. The number of nitrogens with zero attached hydrogens (tertiary/aromatic N) is 3. The van der Waals surface area contributed by atoms with Gasteiger partial charge in [-0.1, -0.05) is 73.7 Å². The van der Waals surface area contributed by atoms with Gasteiger partial charge in [0.1, 0.15) is 25.0 Å². The van der Waals surface area contributed by atoms with Gasteiger partial charge in [-0.2, -0.15) is 5.26 Å². The van der Waals surface area contributed by atoms with Gasteiger partial charge in [-0.3, -0.25) is 0 Å². The Morgan fingerprint density at radius 2 is 1.60 bits per heavy atom. The molecule has 7 nitrogen and oxygen atoms in total. The first-order valence-corrected chi connectivity index (χ1v) is 13.0. The maximum absolute atomic E-state index is 13.2. The van der Waals surface area contributed by atoms with E-state index in [0.29, 0.717) is 23.4 Å². The van der Waals surface area contributed by atoms with E-state index in [1.165, 1.54) is 7.11 Å². The molecule has 200 valence electrons. The molecule has 0 aliphatic rings. The zero-order valence-corrected chi connectivity index (χ0v) is 22.7. The SMILES string of the molecule is CCc1c(-c2ccc3c(c2)c(C#N)cn3C)nc(OCc2ccccc2)c(C(=O)OC)c1OCc1ccccc1. The maximum Gasteiger partial charge on any atom is 0.347 e. The van der Waals surface area contributed by atoms with Crippen LogP contribution in [-0.4, -0.2) is 22.6 Å². The van der Waals surface area contributed by atoms with Crippen LogP contribution in [0.3, 0.4) is 0 Å². The minimum Gasteiger partial charge on any atom is -0.487 e. The van der Waals surface area contributed by atoms with Crippen molar-refractivity contribution in [2.45, 2.75) is 26.6 Å². The van der Waals surface area contributed by atoms with Crippen molar-refractivity contribution in [1.82, 2.24) is 9.55 Å². The summed E-state index contributed by atoms with van der Waals surface area (Å²) in [6.45, 7) is 2.44. The van der Waals surface area contributed by atoms with E-state index in [1.54, 1.807) is 0 Å². The van der Waals surface area contributed by atoms with Gasteiger partial charge in [-0.15, -0.1) is 0 Å².